The van der Waals surface area contributed by atoms with Crippen LogP contribution in [0, 0.1) is 5.41 Å². The summed E-state index contributed by atoms with van der Waals surface area (Å²) in [5, 5.41) is 9.03. The Hall–Kier alpha value is -0.620. The van der Waals surface area contributed by atoms with Gasteiger partial charge in [-0.1, -0.05) is 40.0 Å². The number of rotatable bonds is 5. The molecular weight excluding hydrogens is 266 g/mol. The van der Waals surface area contributed by atoms with Crippen molar-refractivity contribution >= 4 is 16.0 Å². The number of aliphatic carboxylic acids is 1. The fourth-order valence-electron chi connectivity index (χ4n) is 2.77. The van der Waals surface area contributed by atoms with Crippen molar-refractivity contribution in [1.82, 2.24) is 4.72 Å². The van der Waals surface area contributed by atoms with Gasteiger partial charge >= 0.3 is 5.97 Å². The predicted octanol–water partition coefficient (Wildman–Crippen LogP) is 2.13. The normalized spacial score (nSPS) is 20.2. The molecular formula is C13H25NO4S. The zero-order valence-corrected chi connectivity index (χ0v) is 12.8. The van der Waals surface area contributed by atoms with Gasteiger partial charge in [0, 0.05) is 5.54 Å². The van der Waals surface area contributed by atoms with Crippen molar-refractivity contribution < 1.29 is 18.3 Å². The van der Waals surface area contributed by atoms with Crippen molar-refractivity contribution in [1.29, 1.82) is 0 Å². The second-order valence-corrected chi connectivity index (χ2v) is 8.56. The maximum atomic E-state index is 12.2. The van der Waals surface area contributed by atoms with Crippen molar-refractivity contribution in [2.45, 2.75) is 64.8 Å². The van der Waals surface area contributed by atoms with Gasteiger partial charge in [-0.15, -0.1) is 0 Å². The highest BCUT2D eigenvalue weighted by atomic mass is 32.2. The minimum Gasteiger partial charge on any atom is -0.481 e. The van der Waals surface area contributed by atoms with Crippen molar-refractivity contribution in [2.75, 3.05) is 5.75 Å². The van der Waals surface area contributed by atoms with E-state index in [0.717, 1.165) is 19.3 Å². The number of carboxylic acids is 1. The van der Waals surface area contributed by atoms with Crippen LogP contribution in [0.1, 0.15) is 59.3 Å². The Morgan fingerprint density at radius 3 is 2.16 bits per heavy atom. The van der Waals surface area contributed by atoms with Crippen LogP contribution in [0.2, 0.25) is 0 Å². The number of hydrogen-bond acceptors (Lipinski definition) is 3. The van der Waals surface area contributed by atoms with E-state index in [1.165, 1.54) is 0 Å². The Labute approximate surface area is 115 Å². The van der Waals surface area contributed by atoms with Crippen LogP contribution in [-0.4, -0.2) is 30.8 Å². The summed E-state index contributed by atoms with van der Waals surface area (Å²) in [5.74, 6) is -0.929. The molecule has 1 aliphatic carbocycles. The molecule has 1 rings (SSSR count). The van der Waals surface area contributed by atoms with Crippen LogP contribution in [0.4, 0.5) is 0 Å². The molecule has 1 aliphatic rings. The molecule has 1 saturated carbocycles. The molecule has 112 valence electrons. The first-order valence-electron chi connectivity index (χ1n) is 6.77. The molecule has 0 bridgehead atoms. The first kappa shape index (κ1) is 16.4. The van der Waals surface area contributed by atoms with Gasteiger partial charge in [0.25, 0.3) is 0 Å². The predicted molar refractivity (Wildman–Crippen MR) is 74.4 cm³/mol. The van der Waals surface area contributed by atoms with Gasteiger partial charge in [-0.3, -0.25) is 4.79 Å². The number of carbonyl (C=O) groups is 1. The lowest BCUT2D eigenvalue weighted by Crippen LogP contribution is -2.52. The quantitative estimate of drug-likeness (QED) is 0.812. The van der Waals surface area contributed by atoms with Crippen LogP contribution in [0.5, 0.6) is 0 Å². The van der Waals surface area contributed by atoms with E-state index in [1.54, 1.807) is 0 Å². The van der Waals surface area contributed by atoms with Crippen LogP contribution in [0.15, 0.2) is 0 Å². The molecule has 0 atom stereocenters. The Balaban J connectivity index is 2.85. The van der Waals surface area contributed by atoms with E-state index < -0.39 is 21.5 Å². The summed E-state index contributed by atoms with van der Waals surface area (Å²) >= 11 is 0. The van der Waals surface area contributed by atoms with E-state index in [-0.39, 0.29) is 17.6 Å². The molecule has 0 amide bonds. The standard InChI is InChI=1S/C13H25NO4S/c1-12(2,3)10-19(17,18)14-13(9-11(15)16)7-5-4-6-8-13/h14H,4-10H2,1-3H3,(H,15,16). The molecule has 0 spiro atoms. The average molecular weight is 291 g/mol. The van der Waals surface area contributed by atoms with Crippen molar-refractivity contribution in [2.24, 2.45) is 5.41 Å². The topological polar surface area (TPSA) is 83.5 Å². The number of sulfonamides is 1. The molecule has 1 fully saturated rings. The maximum Gasteiger partial charge on any atom is 0.305 e. The van der Waals surface area contributed by atoms with Crippen LogP contribution in [0.3, 0.4) is 0 Å². The first-order valence-corrected chi connectivity index (χ1v) is 8.42. The van der Waals surface area contributed by atoms with Crippen molar-refractivity contribution in [3.8, 4) is 0 Å². The molecule has 2 N–H and O–H groups in total. The summed E-state index contributed by atoms with van der Waals surface area (Å²) in [7, 11) is -3.46. The Morgan fingerprint density at radius 1 is 1.21 bits per heavy atom. The van der Waals surface area contributed by atoms with E-state index in [1.807, 2.05) is 20.8 Å². The number of carboxylic acid groups (broad SMARTS) is 1. The molecule has 19 heavy (non-hydrogen) atoms. The number of hydrogen-bond donors (Lipinski definition) is 2. The fraction of sp³-hybridized carbons (Fsp3) is 0.923. The Morgan fingerprint density at radius 2 is 1.74 bits per heavy atom. The van der Waals surface area contributed by atoms with E-state index in [2.05, 4.69) is 4.72 Å². The molecule has 0 aliphatic heterocycles. The number of nitrogens with one attached hydrogen (secondary N) is 1. The SMILES string of the molecule is CC(C)(C)CS(=O)(=O)NC1(CC(=O)O)CCCCC1. The Bertz CT molecular complexity index is 416. The summed E-state index contributed by atoms with van der Waals surface area (Å²) in [6.45, 7) is 5.57. The van der Waals surface area contributed by atoms with Gasteiger partial charge in [0.2, 0.25) is 10.0 Å². The fourth-order valence-corrected chi connectivity index (χ4v) is 4.92. The van der Waals surface area contributed by atoms with Crippen LogP contribution in [-0.2, 0) is 14.8 Å². The van der Waals surface area contributed by atoms with Crippen LogP contribution < -0.4 is 4.72 Å². The lowest BCUT2D eigenvalue weighted by atomic mass is 9.80. The molecule has 5 nitrogen and oxygen atoms in total. The van der Waals surface area contributed by atoms with Gasteiger partial charge in [0.05, 0.1) is 12.2 Å². The third-order valence-corrected chi connectivity index (χ3v) is 5.29. The summed E-state index contributed by atoms with van der Waals surface area (Å²) in [4.78, 5) is 11.0. The van der Waals surface area contributed by atoms with Gasteiger partial charge in [-0.05, 0) is 18.3 Å². The molecule has 0 heterocycles. The minimum atomic E-state index is -3.46. The third-order valence-electron chi connectivity index (χ3n) is 3.30. The molecule has 0 radical (unpaired) electrons. The lowest BCUT2D eigenvalue weighted by molar-refractivity contribution is -0.138. The summed E-state index contributed by atoms with van der Waals surface area (Å²) < 4.78 is 27.1. The molecule has 0 aromatic carbocycles. The van der Waals surface area contributed by atoms with Crippen LogP contribution in [0.25, 0.3) is 0 Å². The lowest BCUT2D eigenvalue weighted by Gasteiger charge is -2.37. The van der Waals surface area contributed by atoms with Gasteiger partial charge in [0.15, 0.2) is 0 Å². The van der Waals surface area contributed by atoms with Crippen molar-refractivity contribution in [3.63, 3.8) is 0 Å². The average Bonchev–Trinajstić information content (AvgIpc) is 2.11. The van der Waals surface area contributed by atoms with E-state index in [4.69, 9.17) is 5.11 Å². The highest BCUT2D eigenvalue weighted by Gasteiger charge is 2.38. The second kappa shape index (κ2) is 5.79. The van der Waals surface area contributed by atoms with Crippen molar-refractivity contribution in [3.05, 3.63) is 0 Å². The zero-order valence-electron chi connectivity index (χ0n) is 12.0. The molecule has 6 heteroatoms. The van der Waals surface area contributed by atoms with E-state index in [0.29, 0.717) is 12.8 Å². The molecule has 0 aromatic heterocycles. The smallest absolute Gasteiger partial charge is 0.305 e. The first-order chi connectivity index (χ1) is 8.54. The van der Waals surface area contributed by atoms with E-state index >= 15 is 0 Å². The largest absolute Gasteiger partial charge is 0.481 e. The summed E-state index contributed by atoms with van der Waals surface area (Å²) in [5.41, 5.74) is -1.13. The highest BCUT2D eigenvalue weighted by Crippen LogP contribution is 2.32. The van der Waals surface area contributed by atoms with Crippen LogP contribution >= 0.6 is 0 Å². The third kappa shape index (κ3) is 5.91. The molecule has 0 saturated heterocycles. The summed E-state index contributed by atoms with van der Waals surface area (Å²) in [6.07, 6.45) is 3.90. The highest BCUT2D eigenvalue weighted by molar-refractivity contribution is 7.89. The molecule has 0 unspecified atom stereocenters. The monoisotopic (exact) mass is 291 g/mol. The van der Waals surface area contributed by atoms with Gasteiger partial charge in [0.1, 0.15) is 0 Å². The zero-order chi connectivity index (χ0) is 14.7. The second-order valence-electron chi connectivity index (χ2n) is 6.83. The van der Waals surface area contributed by atoms with Gasteiger partial charge in [-0.25, -0.2) is 13.1 Å². The summed E-state index contributed by atoms with van der Waals surface area (Å²) in [6, 6.07) is 0. The molecule has 0 aromatic rings. The van der Waals surface area contributed by atoms with Gasteiger partial charge < -0.3 is 5.11 Å². The Kier molecular flexibility index (Phi) is 5.01. The maximum absolute atomic E-state index is 12.2. The van der Waals surface area contributed by atoms with Gasteiger partial charge in [-0.2, -0.15) is 0 Å². The van der Waals surface area contributed by atoms with E-state index in [9.17, 15) is 13.2 Å². The minimum absolute atomic E-state index is 0.0152.